The Morgan fingerprint density at radius 1 is 1.24 bits per heavy atom. The van der Waals surface area contributed by atoms with E-state index in [0.29, 0.717) is 17.7 Å². The molecule has 0 saturated carbocycles. The highest BCUT2D eigenvalue weighted by molar-refractivity contribution is 5.89. The van der Waals surface area contributed by atoms with Gasteiger partial charge in [-0.3, -0.25) is 4.90 Å². The number of β-amino-alcohol motifs (C(OH)–C–C–N with tert-alkyl or cyclic N) is 1. The molecule has 1 heterocycles. The molecule has 0 aromatic heterocycles. The number of aliphatic hydroxyl groups is 1. The number of carbonyl (C=O) groups is 2. The van der Waals surface area contributed by atoms with E-state index in [9.17, 15) is 14.7 Å². The molecule has 1 aromatic rings. The van der Waals surface area contributed by atoms with Gasteiger partial charge in [-0.25, -0.2) is 9.59 Å². The number of amides is 1. The number of rotatable bonds is 4. The van der Waals surface area contributed by atoms with Gasteiger partial charge in [-0.15, -0.1) is 0 Å². The Morgan fingerprint density at radius 2 is 1.88 bits per heavy atom. The zero-order valence-electron chi connectivity index (χ0n) is 15.0. The van der Waals surface area contributed by atoms with E-state index >= 15 is 0 Å². The van der Waals surface area contributed by atoms with Crippen molar-refractivity contribution >= 4 is 12.1 Å². The van der Waals surface area contributed by atoms with Gasteiger partial charge in [0.1, 0.15) is 18.0 Å². The molecule has 7 heteroatoms. The van der Waals surface area contributed by atoms with E-state index in [2.05, 4.69) is 4.74 Å². The van der Waals surface area contributed by atoms with Crippen LogP contribution in [0.25, 0.3) is 0 Å². The molecule has 138 valence electrons. The molecule has 2 atom stereocenters. The van der Waals surface area contributed by atoms with Crippen molar-refractivity contribution in [3.63, 3.8) is 0 Å². The molecule has 25 heavy (non-hydrogen) atoms. The molecule has 0 radical (unpaired) electrons. The SMILES string of the molecule is COC(=O)c1ccc(OCC2CC(O)CN2C(=O)OC(C)(C)C)cc1. The first-order chi connectivity index (χ1) is 11.7. The number of likely N-dealkylation sites (tertiary alicyclic amines) is 1. The summed E-state index contributed by atoms with van der Waals surface area (Å²) in [5, 5.41) is 9.88. The first-order valence-electron chi connectivity index (χ1n) is 8.18. The van der Waals surface area contributed by atoms with Crippen molar-refractivity contribution in [1.82, 2.24) is 4.90 Å². The average Bonchev–Trinajstić information content (AvgIpc) is 2.92. The lowest BCUT2D eigenvalue weighted by Crippen LogP contribution is -2.42. The maximum atomic E-state index is 12.3. The molecule has 0 bridgehead atoms. The largest absolute Gasteiger partial charge is 0.491 e. The Labute approximate surface area is 147 Å². The molecule has 1 saturated heterocycles. The summed E-state index contributed by atoms with van der Waals surface area (Å²) in [5.41, 5.74) is -0.166. The predicted octanol–water partition coefficient (Wildman–Crippen LogP) is 2.22. The summed E-state index contributed by atoms with van der Waals surface area (Å²) in [6.45, 7) is 5.85. The Hall–Kier alpha value is -2.28. The third-order valence-corrected chi connectivity index (χ3v) is 3.74. The van der Waals surface area contributed by atoms with Crippen molar-refractivity contribution in [2.45, 2.75) is 44.9 Å². The second-order valence-electron chi connectivity index (χ2n) is 7.00. The third-order valence-electron chi connectivity index (χ3n) is 3.74. The van der Waals surface area contributed by atoms with Gasteiger partial charge in [0.25, 0.3) is 0 Å². The van der Waals surface area contributed by atoms with Crippen LogP contribution in [-0.2, 0) is 9.47 Å². The Morgan fingerprint density at radius 3 is 2.44 bits per heavy atom. The summed E-state index contributed by atoms with van der Waals surface area (Å²) in [6.07, 6.45) is -0.624. The Balaban J connectivity index is 1.96. The molecular formula is C18H25NO6. The maximum Gasteiger partial charge on any atom is 0.410 e. The van der Waals surface area contributed by atoms with Crippen molar-refractivity contribution < 1.29 is 28.9 Å². The monoisotopic (exact) mass is 351 g/mol. The number of benzene rings is 1. The zero-order chi connectivity index (χ0) is 18.6. The number of ether oxygens (including phenoxy) is 3. The fraction of sp³-hybridized carbons (Fsp3) is 0.556. The van der Waals surface area contributed by atoms with Crippen LogP contribution < -0.4 is 4.74 Å². The van der Waals surface area contributed by atoms with Crippen molar-refractivity contribution in [3.05, 3.63) is 29.8 Å². The van der Waals surface area contributed by atoms with Gasteiger partial charge in [0.2, 0.25) is 0 Å². The van der Waals surface area contributed by atoms with E-state index < -0.39 is 23.8 Å². The molecule has 0 spiro atoms. The number of carbonyl (C=O) groups excluding carboxylic acids is 2. The lowest BCUT2D eigenvalue weighted by molar-refractivity contribution is 0.0173. The van der Waals surface area contributed by atoms with Crippen LogP contribution in [0.3, 0.4) is 0 Å². The Bertz CT molecular complexity index is 607. The van der Waals surface area contributed by atoms with Crippen molar-refractivity contribution in [2.24, 2.45) is 0 Å². The van der Waals surface area contributed by atoms with Crippen LogP contribution in [0.15, 0.2) is 24.3 Å². The van der Waals surface area contributed by atoms with Crippen LogP contribution in [0.1, 0.15) is 37.6 Å². The molecular weight excluding hydrogens is 326 g/mol. The molecule has 7 nitrogen and oxygen atoms in total. The number of hydrogen-bond acceptors (Lipinski definition) is 6. The fourth-order valence-electron chi connectivity index (χ4n) is 2.59. The molecule has 1 fully saturated rings. The van der Waals surface area contributed by atoms with Crippen LogP contribution in [-0.4, -0.2) is 60.1 Å². The summed E-state index contributed by atoms with van der Waals surface area (Å²) >= 11 is 0. The molecule has 1 aliphatic rings. The van der Waals surface area contributed by atoms with E-state index in [1.165, 1.54) is 12.0 Å². The van der Waals surface area contributed by atoms with E-state index in [1.807, 2.05) is 0 Å². The van der Waals surface area contributed by atoms with Gasteiger partial charge >= 0.3 is 12.1 Å². The average molecular weight is 351 g/mol. The van der Waals surface area contributed by atoms with Crippen molar-refractivity contribution in [3.8, 4) is 5.75 Å². The van der Waals surface area contributed by atoms with Gasteiger partial charge in [0.05, 0.1) is 31.4 Å². The third kappa shape index (κ3) is 5.35. The van der Waals surface area contributed by atoms with Gasteiger partial charge in [-0.05, 0) is 51.5 Å². The first kappa shape index (κ1) is 19.1. The van der Waals surface area contributed by atoms with Crippen LogP contribution in [0.4, 0.5) is 4.79 Å². The van der Waals surface area contributed by atoms with E-state index in [-0.39, 0.29) is 19.2 Å². The molecule has 2 rings (SSSR count). The number of esters is 1. The van der Waals surface area contributed by atoms with E-state index in [1.54, 1.807) is 45.0 Å². The lowest BCUT2D eigenvalue weighted by Gasteiger charge is -2.28. The van der Waals surface area contributed by atoms with Crippen LogP contribution in [0.2, 0.25) is 0 Å². The highest BCUT2D eigenvalue weighted by Crippen LogP contribution is 2.23. The van der Waals surface area contributed by atoms with Crippen LogP contribution in [0, 0.1) is 0 Å². The number of nitrogens with zero attached hydrogens (tertiary/aromatic N) is 1. The summed E-state index contributed by atoms with van der Waals surface area (Å²) < 4.78 is 15.7. The molecule has 2 unspecified atom stereocenters. The molecule has 1 N–H and O–H groups in total. The highest BCUT2D eigenvalue weighted by Gasteiger charge is 2.37. The second-order valence-corrected chi connectivity index (χ2v) is 7.00. The number of aliphatic hydroxyl groups excluding tert-OH is 1. The molecule has 1 aliphatic heterocycles. The van der Waals surface area contributed by atoms with E-state index in [0.717, 1.165) is 0 Å². The van der Waals surface area contributed by atoms with Gasteiger partial charge in [0.15, 0.2) is 0 Å². The van der Waals surface area contributed by atoms with Gasteiger partial charge < -0.3 is 19.3 Å². The quantitative estimate of drug-likeness (QED) is 0.837. The van der Waals surface area contributed by atoms with Gasteiger partial charge in [0, 0.05) is 0 Å². The minimum Gasteiger partial charge on any atom is -0.491 e. The second kappa shape index (κ2) is 7.74. The number of hydrogen-bond donors (Lipinski definition) is 1. The van der Waals surface area contributed by atoms with Gasteiger partial charge in [-0.2, -0.15) is 0 Å². The zero-order valence-corrected chi connectivity index (χ0v) is 15.0. The predicted molar refractivity (Wildman–Crippen MR) is 90.6 cm³/mol. The normalized spacial score (nSPS) is 20.3. The smallest absolute Gasteiger partial charge is 0.410 e. The van der Waals surface area contributed by atoms with Gasteiger partial charge in [-0.1, -0.05) is 0 Å². The minimum absolute atomic E-state index is 0.226. The highest BCUT2D eigenvalue weighted by atomic mass is 16.6. The molecule has 0 aliphatic carbocycles. The summed E-state index contributed by atoms with van der Waals surface area (Å²) in [7, 11) is 1.32. The van der Waals surface area contributed by atoms with Crippen molar-refractivity contribution in [2.75, 3.05) is 20.3 Å². The summed E-state index contributed by atoms with van der Waals surface area (Å²) in [6, 6.07) is 6.27. The fourth-order valence-corrected chi connectivity index (χ4v) is 2.59. The minimum atomic E-state index is -0.597. The summed E-state index contributed by atoms with van der Waals surface area (Å²) in [5.74, 6) is 0.153. The van der Waals surface area contributed by atoms with Crippen molar-refractivity contribution in [1.29, 1.82) is 0 Å². The topological polar surface area (TPSA) is 85.3 Å². The Kier molecular flexibility index (Phi) is 5.89. The summed E-state index contributed by atoms with van der Waals surface area (Å²) in [4.78, 5) is 25.2. The first-order valence-corrected chi connectivity index (χ1v) is 8.18. The van der Waals surface area contributed by atoms with Crippen LogP contribution >= 0.6 is 0 Å². The lowest BCUT2D eigenvalue weighted by atomic mass is 10.2. The van der Waals surface area contributed by atoms with Crippen LogP contribution in [0.5, 0.6) is 5.75 Å². The maximum absolute atomic E-state index is 12.3. The molecule has 1 aromatic carbocycles. The van der Waals surface area contributed by atoms with E-state index in [4.69, 9.17) is 9.47 Å². The standard InChI is InChI=1S/C18H25NO6/c1-18(2,3)25-17(22)19-10-14(20)9-13(19)11-24-15-7-5-12(6-8-15)16(21)23-4/h5-8,13-14,20H,9-11H2,1-4H3. The molecule has 1 amide bonds. The number of methoxy groups -OCH3 is 1.